The highest BCUT2D eigenvalue weighted by molar-refractivity contribution is 6.22. The summed E-state index contributed by atoms with van der Waals surface area (Å²) in [7, 11) is 1.92. The molecule has 0 radical (unpaired) electrons. The highest BCUT2D eigenvalue weighted by atomic mass is 35.5. The van der Waals surface area contributed by atoms with Gasteiger partial charge >= 0.3 is 5.84 Å². The van der Waals surface area contributed by atoms with Crippen LogP contribution in [0.4, 0.5) is 5.82 Å². The van der Waals surface area contributed by atoms with Crippen LogP contribution in [0.5, 0.6) is 0 Å². The highest BCUT2D eigenvalue weighted by Gasteiger charge is 2.41. The van der Waals surface area contributed by atoms with Crippen LogP contribution in [0.1, 0.15) is 23.8 Å². The normalized spacial score (nSPS) is 21.7. The van der Waals surface area contributed by atoms with Gasteiger partial charge in [0.05, 0.1) is 30.5 Å². The second kappa shape index (κ2) is 6.68. The van der Waals surface area contributed by atoms with Gasteiger partial charge in [0.2, 0.25) is 5.69 Å². The molecule has 5 rings (SSSR count). The Bertz CT molecular complexity index is 1040. The molecule has 5 heterocycles. The van der Waals surface area contributed by atoms with Gasteiger partial charge in [-0.25, -0.2) is 0 Å². The van der Waals surface area contributed by atoms with E-state index in [9.17, 15) is 0 Å². The molecule has 144 valence electrons. The topological polar surface area (TPSA) is 88.1 Å². The molecule has 10 heteroatoms. The first-order valence-corrected chi connectivity index (χ1v) is 9.59. The Balaban J connectivity index is 1.72. The first kappa shape index (κ1) is 17.3. The van der Waals surface area contributed by atoms with Crippen LogP contribution in [0.15, 0.2) is 35.6 Å². The molecule has 0 saturated carbocycles. The number of ether oxygens (including phenoxy) is 1. The lowest BCUT2D eigenvalue weighted by atomic mass is 10.1. The van der Waals surface area contributed by atoms with E-state index in [-0.39, 0.29) is 6.04 Å². The van der Waals surface area contributed by atoms with Gasteiger partial charge in [0.25, 0.3) is 5.50 Å². The van der Waals surface area contributed by atoms with Crippen LogP contribution in [-0.2, 0) is 11.8 Å². The quantitative estimate of drug-likeness (QED) is 0.407. The second-order valence-electron chi connectivity index (χ2n) is 6.93. The molecule has 1 unspecified atom stereocenters. The van der Waals surface area contributed by atoms with Gasteiger partial charge in [0.1, 0.15) is 0 Å². The summed E-state index contributed by atoms with van der Waals surface area (Å²) in [6.45, 7) is 4.26. The maximum atomic E-state index is 6.65. The zero-order valence-electron chi connectivity index (χ0n) is 15.6. The van der Waals surface area contributed by atoms with Gasteiger partial charge in [-0.15, -0.1) is 0 Å². The molecular weight excluding hydrogens is 380 g/mol. The summed E-state index contributed by atoms with van der Waals surface area (Å²) in [6.07, 6.45) is 3.47. The van der Waals surface area contributed by atoms with Crippen LogP contribution in [0.25, 0.3) is 11.3 Å². The lowest BCUT2D eigenvalue weighted by Crippen LogP contribution is -2.51. The van der Waals surface area contributed by atoms with Crippen molar-refractivity contribution in [3.63, 3.8) is 0 Å². The minimum absolute atomic E-state index is 0.222. The number of rotatable bonds is 3. The van der Waals surface area contributed by atoms with Crippen molar-refractivity contribution in [1.82, 2.24) is 25.1 Å². The van der Waals surface area contributed by atoms with E-state index in [1.807, 2.05) is 28.5 Å². The number of morpholine rings is 1. The van der Waals surface area contributed by atoms with Gasteiger partial charge in [0.15, 0.2) is 11.5 Å². The van der Waals surface area contributed by atoms with Gasteiger partial charge in [-0.1, -0.05) is 21.4 Å². The zero-order valence-corrected chi connectivity index (χ0v) is 16.3. The third-order valence-corrected chi connectivity index (χ3v) is 5.45. The maximum Gasteiger partial charge on any atom is 0.370 e. The molecule has 2 aliphatic heterocycles. The van der Waals surface area contributed by atoms with Crippen molar-refractivity contribution in [1.29, 1.82) is 0 Å². The third-order valence-electron chi connectivity index (χ3n) is 5.14. The standard InChI is InChI=1S/C18H20ClN8O/c1-11-10-28-8-7-26(11)15-9-12(14-4-6-21-25(14)2)16-17(19)22-18(27(16)24-15)13-3-5-20-23-13/h3-6,9,11,17H,7-8,10H2,1-2H3,(H,20,23)/q+1/t11-,17?/m1/s1. The van der Waals surface area contributed by atoms with E-state index in [2.05, 4.69) is 38.2 Å². The largest absolute Gasteiger partial charge is 0.377 e. The molecule has 0 spiro atoms. The van der Waals surface area contributed by atoms with Crippen molar-refractivity contribution in [2.24, 2.45) is 12.0 Å². The van der Waals surface area contributed by atoms with Gasteiger partial charge in [-0.3, -0.25) is 9.78 Å². The van der Waals surface area contributed by atoms with E-state index in [1.54, 1.807) is 12.4 Å². The molecule has 3 aromatic rings. The Morgan fingerprint density at radius 1 is 1.32 bits per heavy atom. The molecule has 9 nitrogen and oxygen atoms in total. The number of anilines is 1. The number of aromatic nitrogens is 6. The van der Waals surface area contributed by atoms with Crippen LogP contribution in [0.3, 0.4) is 0 Å². The summed E-state index contributed by atoms with van der Waals surface area (Å²) in [6, 6.07) is 6.13. The molecule has 0 bridgehead atoms. The van der Waals surface area contributed by atoms with Crippen molar-refractivity contribution < 1.29 is 9.42 Å². The Hall–Kier alpha value is -2.78. The summed E-state index contributed by atoms with van der Waals surface area (Å²) in [5.41, 5.74) is 2.96. The second-order valence-corrected chi connectivity index (χ2v) is 7.34. The Morgan fingerprint density at radius 3 is 2.93 bits per heavy atom. The van der Waals surface area contributed by atoms with E-state index in [4.69, 9.17) is 21.4 Å². The number of halogens is 1. The lowest BCUT2D eigenvalue weighted by molar-refractivity contribution is -0.622. The predicted octanol–water partition coefficient (Wildman–Crippen LogP) is 1.26. The minimum Gasteiger partial charge on any atom is -0.377 e. The average Bonchev–Trinajstić information content (AvgIpc) is 3.42. The molecule has 2 atom stereocenters. The van der Waals surface area contributed by atoms with Crippen LogP contribution >= 0.6 is 11.6 Å². The maximum absolute atomic E-state index is 6.65. The molecule has 28 heavy (non-hydrogen) atoms. The summed E-state index contributed by atoms with van der Waals surface area (Å²) in [4.78, 5) is 6.90. The number of nitrogens with one attached hydrogen (secondary N) is 1. The summed E-state index contributed by atoms with van der Waals surface area (Å²) >= 11 is 6.65. The molecule has 1 fully saturated rings. The van der Waals surface area contributed by atoms with Crippen LogP contribution in [-0.4, -0.2) is 56.7 Å². The Labute approximate surface area is 166 Å². The monoisotopic (exact) mass is 399 g/mol. The van der Waals surface area contributed by atoms with Crippen molar-refractivity contribution in [2.75, 3.05) is 24.7 Å². The molecular formula is C18H20ClN8O+. The molecule has 3 aromatic heterocycles. The smallest absolute Gasteiger partial charge is 0.370 e. The van der Waals surface area contributed by atoms with Gasteiger partial charge in [-0.05, 0) is 30.1 Å². The highest BCUT2D eigenvalue weighted by Crippen LogP contribution is 2.35. The number of hydrogen-bond donors (Lipinski definition) is 1. The summed E-state index contributed by atoms with van der Waals surface area (Å²) in [5, 5.41) is 16.2. The number of aryl methyl sites for hydroxylation is 1. The van der Waals surface area contributed by atoms with Gasteiger partial charge < -0.3 is 9.64 Å². The van der Waals surface area contributed by atoms with Crippen LogP contribution in [0.2, 0.25) is 0 Å². The molecule has 1 saturated heterocycles. The zero-order chi connectivity index (χ0) is 19.3. The number of nitrogens with zero attached hydrogens (tertiary/aromatic N) is 7. The Kier molecular flexibility index (Phi) is 4.13. The fraction of sp³-hybridized carbons (Fsp3) is 0.389. The van der Waals surface area contributed by atoms with Crippen molar-refractivity contribution in [2.45, 2.75) is 18.5 Å². The number of hydrogen-bond acceptors (Lipinski definition) is 6. The first-order chi connectivity index (χ1) is 13.6. The number of alkyl halides is 1. The number of H-pyrrole nitrogens is 1. The number of fused-ring (bicyclic) bond motifs is 1. The summed E-state index contributed by atoms with van der Waals surface area (Å²) < 4.78 is 9.25. The lowest BCUT2D eigenvalue weighted by Gasteiger charge is -2.33. The summed E-state index contributed by atoms with van der Waals surface area (Å²) in [5.74, 6) is 1.51. The number of aliphatic imine (C=N–C) groups is 1. The van der Waals surface area contributed by atoms with Crippen molar-refractivity contribution >= 4 is 23.3 Å². The van der Waals surface area contributed by atoms with E-state index in [0.717, 1.165) is 35.0 Å². The van der Waals surface area contributed by atoms with E-state index >= 15 is 0 Å². The van der Waals surface area contributed by atoms with Crippen molar-refractivity contribution in [3.05, 3.63) is 42.0 Å². The van der Waals surface area contributed by atoms with E-state index in [0.29, 0.717) is 19.0 Å². The molecule has 0 aromatic carbocycles. The molecule has 0 aliphatic carbocycles. The minimum atomic E-state index is -0.549. The van der Waals surface area contributed by atoms with Crippen LogP contribution in [0, 0.1) is 0 Å². The number of aromatic amines is 1. The molecule has 2 aliphatic rings. The predicted molar refractivity (Wildman–Crippen MR) is 103 cm³/mol. The fourth-order valence-electron chi connectivity index (χ4n) is 3.73. The van der Waals surface area contributed by atoms with Gasteiger partial charge in [-0.2, -0.15) is 10.2 Å². The third kappa shape index (κ3) is 2.70. The van der Waals surface area contributed by atoms with E-state index < -0.39 is 5.50 Å². The Morgan fingerprint density at radius 2 is 2.21 bits per heavy atom. The molecule has 0 amide bonds. The first-order valence-electron chi connectivity index (χ1n) is 9.15. The SMILES string of the molecule is C[C@@H]1COCCN1c1cc(-c2ccnn2C)c2[n+](n1)C(c1ccn[nH]1)=NC2Cl. The molecule has 1 N–H and O–H groups in total. The van der Waals surface area contributed by atoms with Crippen LogP contribution < -0.4 is 9.58 Å². The fourth-order valence-corrected chi connectivity index (χ4v) is 4.03. The average molecular weight is 400 g/mol. The van der Waals surface area contributed by atoms with Crippen molar-refractivity contribution in [3.8, 4) is 11.3 Å². The van der Waals surface area contributed by atoms with Gasteiger partial charge in [0, 0.05) is 26.0 Å². The van der Waals surface area contributed by atoms with E-state index in [1.165, 1.54) is 0 Å².